The Balaban J connectivity index is 1.40. The molecule has 1 aliphatic heterocycles. The number of aryl methyl sites for hydroxylation is 2. The van der Waals surface area contributed by atoms with Crippen LogP contribution >= 0.6 is 35.0 Å². The molecule has 1 fully saturated rings. The van der Waals surface area contributed by atoms with E-state index in [-0.39, 0.29) is 24.3 Å². The lowest BCUT2D eigenvalue weighted by atomic mass is 10.1. The van der Waals surface area contributed by atoms with E-state index in [4.69, 9.17) is 32.7 Å². The molecule has 1 heterocycles. The van der Waals surface area contributed by atoms with E-state index in [1.54, 1.807) is 18.2 Å². The third-order valence-corrected chi connectivity index (χ3v) is 6.73. The van der Waals surface area contributed by atoms with Crippen LogP contribution in [0.25, 0.3) is 6.08 Å². The molecule has 1 saturated heterocycles. The molecule has 0 radical (unpaired) electrons. The standard InChI is InChI=1S/C27H23Cl2NO4S/c1-17-6-8-21(9-7-17)33-11-10-30-26(31)24(35-27(30)32)15-20-13-22(28)25(23(29)14-20)34-16-19-5-3-4-18(2)12-19/h3-9,12-15H,10-11,16H2,1-2H3/b24-15-. The van der Waals surface area contributed by atoms with Crippen molar-refractivity contribution in [1.82, 2.24) is 4.90 Å². The van der Waals surface area contributed by atoms with Gasteiger partial charge in [-0.05, 0) is 67.1 Å². The summed E-state index contributed by atoms with van der Waals surface area (Å²) in [4.78, 5) is 26.7. The molecule has 0 aliphatic carbocycles. The van der Waals surface area contributed by atoms with Crippen molar-refractivity contribution in [2.75, 3.05) is 13.2 Å². The van der Waals surface area contributed by atoms with E-state index in [9.17, 15) is 9.59 Å². The van der Waals surface area contributed by atoms with Gasteiger partial charge >= 0.3 is 0 Å². The number of rotatable bonds is 8. The van der Waals surface area contributed by atoms with Gasteiger partial charge in [0.2, 0.25) is 0 Å². The number of amides is 2. The van der Waals surface area contributed by atoms with Crippen LogP contribution in [0.5, 0.6) is 11.5 Å². The zero-order valence-corrected chi connectivity index (χ0v) is 21.5. The number of benzene rings is 3. The number of imide groups is 1. The molecule has 0 spiro atoms. The summed E-state index contributed by atoms with van der Waals surface area (Å²) in [6.07, 6.45) is 1.60. The highest BCUT2D eigenvalue weighted by Gasteiger charge is 2.34. The SMILES string of the molecule is Cc1ccc(OCCN2C(=O)S/C(=C\c3cc(Cl)c(OCc4cccc(C)c4)c(Cl)c3)C2=O)cc1. The van der Waals surface area contributed by atoms with E-state index in [2.05, 4.69) is 0 Å². The van der Waals surface area contributed by atoms with Crippen LogP contribution in [-0.2, 0) is 11.4 Å². The molecule has 2 amide bonds. The van der Waals surface area contributed by atoms with Crippen LogP contribution in [0.4, 0.5) is 4.79 Å². The summed E-state index contributed by atoms with van der Waals surface area (Å²) >= 11 is 13.7. The molecule has 0 atom stereocenters. The molecule has 0 N–H and O–H groups in total. The average molecular weight is 528 g/mol. The molecule has 8 heteroatoms. The minimum atomic E-state index is -0.375. The molecular formula is C27H23Cl2NO4S. The Hall–Kier alpha value is -2.93. The second-order valence-electron chi connectivity index (χ2n) is 8.09. The highest BCUT2D eigenvalue weighted by molar-refractivity contribution is 8.18. The van der Waals surface area contributed by atoms with Gasteiger partial charge in [-0.25, -0.2) is 0 Å². The third-order valence-electron chi connectivity index (χ3n) is 5.26. The first-order valence-corrected chi connectivity index (χ1v) is 12.5. The quantitative estimate of drug-likeness (QED) is 0.287. The molecule has 0 aromatic heterocycles. The number of halogens is 2. The minimum absolute atomic E-state index is 0.156. The Kier molecular flexibility index (Phi) is 8.06. The Labute approximate surface area is 218 Å². The Bertz CT molecular complexity index is 1270. The highest BCUT2D eigenvalue weighted by atomic mass is 35.5. The first-order chi connectivity index (χ1) is 16.8. The van der Waals surface area contributed by atoms with Crippen LogP contribution in [-0.4, -0.2) is 29.2 Å². The van der Waals surface area contributed by atoms with Crippen LogP contribution in [0.2, 0.25) is 10.0 Å². The fourth-order valence-electron chi connectivity index (χ4n) is 3.49. The Morgan fingerprint density at radius 2 is 1.63 bits per heavy atom. The zero-order valence-electron chi connectivity index (χ0n) is 19.2. The van der Waals surface area contributed by atoms with E-state index in [1.165, 1.54) is 4.90 Å². The fourth-order valence-corrected chi connectivity index (χ4v) is 4.97. The summed E-state index contributed by atoms with van der Waals surface area (Å²) in [5.41, 5.74) is 3.86. The Morgan fingerprint density at radius 3 is 2.31 bits per heavy atom. The largest absolute Gasteiger partial charge is 0.492 e. The summed E-state index contributed by atoms with van der Waals surface area (Å²) < 4.78 is 11.5. The number of carbonyl (C=O) groups excluding carboxylic acids is 2. The first kappa shape index (κ1) is 25.2. The maximum atomic E-state index is 12.8. The first-order valence-electron chi connectivity index (χ1n) is 10.9. The molecule has 0 bridgehead atoms. The van der Waals surface area contributed by atoms with Crippen molar-refractivity contribution in [3.63, 3.8) is 0 Å². The van der Waals surface area contributed by atoms with Gasteiger partial charge in [0.15, 0.2) is 5.75 Å². The van der Waals surface area contributed by atoms with Crippen molar-refractivity contribution in [2.24, 2.45) is 0 Å². The van der Waals surface area contributed by atoms with Crippen LogP contribution in [0.1, 0.15) is 22.3 Å². The average Bonchev–Trinajstić information content (AvgIpc) is 3.07. The lowest BCUT2D eigenvalue weighted by molar-refractivity contribution is -0.123. The van der Waals surface area contributed by atoms with Gasteiger partial charge in [-0.3, -0.25) is 14.5 Å². The molecule has 35 heavy (non-hydrogen) atoms. The smallest absolute Gasteiger partial charge is 0.293 e. The predicted octanol–water partition coefficient (Wildman–Crippen LogP) is 7.30. The second kappa shape index (κ2) is 11.2. The van der Waals surface area contributed by atoms with Gasteiger partial charge in [0, 0.05) is 0 Å². The number of hydrogen-bond donors (Lipinski definition) is 0. The molecular weight excluding hydrogens is 505 g/mol. The van der Waals surface area contributed by atoms with Gasteiger partial charge in [0.25, 0.3) is 11.1 Å². The summed E-state index contributed by atoms with van der Waals surface area (Å²) in [7, 11) is 0. The predicted molar refractivity (Wildman–Crippen MR) is 141 cm³/mol. The Morgan fingerprint density at radius 1 is 0.914 bits per heavy atom. The number of ether oxygens (including phenoxy) is 2. The third kappa shape index (κ3) is 6.40. The molecule has 3 aromatic carbocycles. The zero-order chi connectivity index (χ0) is 24.9. The van der Waals surface area contributed by atoms with Gasteiger partial charge in [-0.15, -0.1) is 0 Å². The van der Waals surface area contributed by atoms with Crippen LogP contribution in [0.15, 0.2) is 65.6 Å². The van der Waals surface area contributed by atoms with Crippen LogP contribution in [0.3, 0.4) is 0 Å². The molecule has 5 nitrogen and oxygen atoms in total. The summed E-state index contributed by atoms with van der Waals surface area (Å²) in [6, 6.07) is 18.9. The van der Waals surface area contributed by atoms with E-state index in [0.29, 0.717) is 38.6 Å². The topological polar surface area (TPSA) is 55.8 Å². The molecule has 3 aromatic rings. The highest BCUT2D eigenvalue weighted by Crippen LogP contribution is 2.37. The summed E-state index contributed by atoms with van der Waals surface area (Å²) in [5, 5.41) is 0.299. The fraction of sp³-hybridized carbons (Fsp3) is 0.185. The van der Waals surface area contributed by atoms with Crippen LogP contribution in [0, 0.1) is 13.8 Å². The van der Waals surface area contributed by atoms with Gasteiger partial charge < -0.3 is 9.47 Å². The number of nitrogens with zero attached hydrogens (tertiary/aromatic N) is 1. The van der Waals surface area contributed by atoms with Crippen molar-refractivity contribution >= 4 is 52.2 Å². The molecule has 4 rings (SSSR count). The normalized spacial score (nSPS) is 14.6. The molecule has 0 saturated carbocycles. The van der Waals surface area contributed by atoms with Crippen molar-refractivity contribution in [3.05, 3.63) is 97.9 Å². The minimum Gasteiger partial charge on any atom is -0.492 e. The molecule has 1 aliphatic rings. The van der Waals surface area contributed by atoms with E-state index in [1.807, 2.05) is 62.4 Å². The summed E-state index contributed by atoms with van der Waals surface area (Å²) in [6.45, 7) is 4.69. The number of carbonyl (C=O) groups is 2. The molecule has 180 valence electrons. The van der Waals surface area contributed by atoms with E-state index >= 15 is 0 Å². The number of thioether (sulfide) groups is 1. The van der Waals surface area contributed by atoms with Gasteiger partial charge in [0.05, 0.1) is 21.5 Å². The van der Waals surface area contributed by atoms with Crippen molar-refractivity contribution in [3.8, 4) is 11.5 Å². The van der Waals surface area contributed by atoms with E-state index < -0.39 is 0 Å². The monoisotopic (exact) mass is 527 g/mol. The lowest BCUT2D eigenvalue weighted by Crippen LogP contribution is -2.32. The van der Waals surface area contributed by atoms with Gasteiger partial charge in [-0.1, -0.05) is 70.7 Å². The van der Waals surface area contributed by atoms with Gasteiger partial charge in [-0.2, -0.15) is 0 Å². The van der Waals surface area contributed by atoms with Crippen molar-refractivity contribution in [1.29, 1.82) is 0 Å². The summed E-state index contributed by atoms with van der Waals surface area (Å²) in [5.74, 6) is 0.681. The van der Waals surface area contributed by atoms with Crippen LogP contribution < -0.4 is 9.47 Å². The van der Waals surface area contributed by atoms with Crippen molar-refractivity contribution < 1.29 is 19.1 Å². The maximum Gasteiger partial charge on any atom is 0.293 e. The molecule has 0 unspecified atom stereocenters. The van der Waals surface area contributed by atoms with Gasteiger partial charge in [0.1, 0.15) is 19.0 Å². The number of hydrogen-bond acceptors (Lipinski definition) is 5. The van der Waals surface area contributed by atoms with E-state index in [0.717, 1.165) is 28.5 Å². The van der Waals surface area contributed by atoms with Crippen molar-refractivity contribution in [2.45, 2.75) is 20.5 Å². The lowest BCUT2D eigenvalue weighted by Gasteiger charge is -2.13. The second-order valence-corrected chi connectivity index (χ2v) is 9.89. The maximum absolute atomic E-state index is 12.8.